The molecular weight excluding hydrogens is 399 g/mol. The van der Waals surface area contributed by atoms with Crippen LogP contribution in [0.15, 0.2) is 66.7 Å². The number of anilines is 2. The molecule has 0 aliphatic rings. The minimum absolute atomic E-state index is 0.171. The van der Waals surface area contributed by atoms with Crippen LogP contribution in [-0.4, -0.2) is 26.0 Å². The fourth-order valence-corrected chi connectivity index (χ4v) is 2.93. The van der Waals surface area contributed by atoms with E-state index in [0.29, 0.717) is 34.7 Å². The number of carbonyl (C=O) groups excluding carboxylic acids is 2. The molecule has 0 heterocycles. The van der Waals surface area contributed by atoms with Gasteiger partial charge in [-0.1, -0.05) is 6.07 Å². The lowest BCUT2D eigenvalue weighted by atomic mass is 10.1. The summed E-state index contributed by atoms with van der Waals surface area (Å²) in [7, 11) is 2.98. The number of ether oxygens (including phenoxy) is 2. The maximum absolute atomic E-state index is 13.7. The lowest BCUT2D eigenvalue weighted by Crippen LogP contribution is -2.14. The van der Waals surface area contributed by atoms with Crippen LogP contribution in [0.3, 0.4) is 0 Å². The number of hydrogen-bond donors (Lipinski definition) is 2. The maximum atomic E-state index is 13.7. The van der Waals surface area contributed by atoms with E-state index in [-0.39, 0.29) is 24.0 Å². The first-order chi connectivity index (χ1) is 15.0. The third-order valence-corrected chi connectivity index (χ3v) is 4.64. The molecule has 0 aromatic heterocycles. The first kappa shape index (κ1) is 21.8. The van der Waals surface area contributed by atoms with Gasteiger partial charge in [0.05, 0.1) is 14.2 Å². The highest BCUT2D eigenvalue weighted by Crippen LogP contribution is 2.19. The van der Waals surface area contributed by atoms with Gasteiger partial charge in [0.25, 0.3) is 5.91 Å². The standard InChI is InChI=1S/C24H23FN2O4/c1-30-20-11-9-19(10-12-20)27-24(29)17-5-7-18(8-6-17)26-23(28)14-4-16-3-13-22(31-2)21(25)15-16/h3,5-13,15H,4,14H2,1-2H3,(H,26,28)(H,27,29). The SMILES string of the molecule is COc1ccc(NC(=O)c2ccc(NC(=O)CCc3ccc(OC)c(F)c3)cc2)cc1. The van der Waals surface area contributed by atoms with E-state index >= 15 is 0 Å². The van der Waals surface area contributed by atoms with E-state index in [2.05, 4.69) is 10.6 Å². The molecule has 3 aromatic carbocycles. The largest absolute Gasteiger partial charge is 0.497 e. The molecule has 0 fully saturated rings. The molecule has 7 heteroatoms. The Morgan fingerprint density at radius 1 is 0.839 bits per heavy atom. The van der Waals surface area contributed by atoms with E-state index in [1.165, 1.54) is 19.2 Å². The van der Waals surface area contributed by atoms with Crippen molar-refractivity contribution in [3.8, 4) is 11.5 Å². The number of nitrogens with one attached hydrogen (secondary N) is 2. The molecule has 0 unspecified atom stereocenters. The molecule has 0 saturated heterocycles. The van der Waals surface area contributed by atoms with Crippen molar-refractivity contribution in [1.29, 1.82) is 0 Å². The van der Waals surface area contributed by atoms with Crippen molar-refractivity contribution in [2.45, 2.75) is 12.8 Å². The summed E-state index contributed by atoms with van der Waals surface area (Å²) in [6.45, 7) is 0. The number of amides is 2. The predicted molar refractivity (Wildman–Crippen MR) is 117 cm³/mol. The second-order valence-corrected chi connectivity index (χ2v) is 6.78. The molecule has 0 aliphatic carbocycles. The monoisotopic (exact) mass is 422 g/mol. The zero-order valence-corrected chi connectivity index (χ0v) is 17.3. The number of rotatable bonds is 8. The molecule has 3 aromatic rings. The van der Waals surface area contributed by atoms with Gasteiger partial charge in [-0.05, 0) is 72.6 Å². The van der Waals surface area contributed by atoms with Crippen molar-refractivity contribution in [3.63, 3.8) is 0 Å². The summed E-state index contributed by atoms with van der Waals surface area (Å²) >= 11 is 0. The van der Waals surface area contributed by atoms with Crippen LogP contribution in [0, 0.1) is 5.82 Å². The first-order valence-corrected chi connectivity index (χ1v) is 9.66. The molecule has 0 aliphatic heterocycles. The predicted octanol–water partition coefficient (Wildman–Crippen LogP) is 4.67. The third kappa shape index (κ3) is 6.05. The van der Waals surface area contributed by atoms with E-state index in [1.807, 2.05) is 0 Å². The molecule has 31 heavy (non-hydrogen) atoms. The van der Waals surface area contributed by atoms with Crippen LogP contribution >= 0.6 is 0 Å². The van der Waals surface area contributed by atoms with Crippen LogP contribution in [0.2, 0.25) is 0 Å². The summed E-state index contributed by atoms with van der Waals surface area (Å²) in [5.74, 6) is -0.0420. The van der Waals surface area contributed by atoms with Crippen molar-refractivity contribution >= 4 is 23.2 Å². The van der Waals surface area contributed by atoms with Gasteiger partial charge in [-0.15, -0.1) is 0 Å². The third-order valence-electron chi connectivity index (χ3n) is 4.64. The number of methoxy groups -OCH3 is 2. The van der Waals surface area contributed by atoms with Gasteiger partial charge in [-0.25, -0.2) is 4.39 Å². The van der Waals surface area contributed by atoms with Crippen molar-refractivity contribution < 1.29 is 23.5 Å². The van der Waals surface area contributed by atoms with Crippen molar-refractivity contribution in [3.05, 3.63) is 83.7 Å². The highest BCUT2D eigenvalue weighted by molar-refractivity contribution is 6.04. The van der Waals surface area contributed by atoms with E-state index < -0.39 is 5.82 Å². The molecule has 160 valence electrons. The molecule has 2 N–H and O–H groups in total. The summed E-state index contributed by atoms with van der Waals surface area (Å²) in [6.07, 6.45) is 0.598. The fourth-order valence-electron chi connectivity index (χ4n) is 2.93. The molecule has 0 atom stereocenters. The summed E-state index contributed by atoms with van der Waals surface area (Å²) in [5.41, 5.74) is 2.39. The number of carbonyl (C=O) groups is 2. The normalized spacial score (nSPS) is 10.3. The Balaban J connectivity index is 1.51. The van der Waals surface area contributed by atoms with Gasteiger partial charge >= 0.3 is 0 Å². The Kier molecular flexibility index (Phi) is 7.22. The van der Waals surface area contributed by atoms with Crippen molar-refractivity contribution in [1.82, 2.24) is 0 Å². The number of hydrogen-bond acceptors (Lipinski definition) is 4. The van der Waals surface area contributed by atoms with E-state index in [4.69, 9.17) is 9.47 Å². The van der Waals surface area contributed by atoms with Crippen LogP contribution in [0.25, 0.3) is 0 Å². The maximum Gasteiger partial charge on any atom is 0.255 e. The van der Waals surface area contributed by atoms with Gasteiger partial charge in [0.15, 0.2) is 11.6 Å². The fraction of sp³-hybridized carbons (Fsp3) is 0.167. The first-order valence-electron chi connectivity index (χ1n) is 9.66. The van der Waals surface area contributed by atoms with Gasteiger partial charge in [0.2, 0.25) is 5.91 Å². The van der Waals surface area contributed by atoms with Gasteiger partial charge in [0.1, 0.15) is 5.75 Å². The van der Waals surface area contributed by atoms with E-state index in [1.54, 1.807) is 61.7 Å². The van der Waals surface area contributed by atoms with Crippen LogP contribution in [0.1, 0.15) is 22.3 Å². The number of benzene rings is 3. The summed E-state index contributed by atoms with van der Waals surface area (Å²) in [5, 5.41) is 5.57. The summed E-state index contributed by atoms with van der Waals surface area (Å²) in [6, 6.07) is 18.2. The molecule has 0 bridgehead atoms. The average molecular weight is 422 g/mol. The highest BCUT2D eigenvalue weighted by Gasteiger charge is 2.09. The van der Waals surface area contributed by atoms with Gasteiger partial charge in [-0.2, -0.15) is 0 Å². The van der Waals surface area contributed by atoms with Gasteiger partial charge in [0, 0.05) is 23.4 Å². The Bertz CT molecular complexity index is 1050. The smallest absolute Gasteiger partial charge is 0.255 e. The molecular formula is C24H23FN2O4. The molecule has 0 radical (unpaired) electrons. The molecule has 2 amide bonds. The highest BCUT2D eigenvalue weighted by atomic mass is 19.1. The quantitative estimate of drug-likeness (QED) is 0.553. The van der Waals surface area contributed by atoms with Crippen molar-refractivity contribution in [2.75, 3.05) is 24.9 Å². The second-order valence-electron chi connectivity index (χ2n) is 6.78. The minimum atomic E-state index is -0.455. The zero-order valence-electron chi connectivity index (χ0n) is 17.3. The lowest BCUT2D eigenvalue weighted by Gasteiger charge is -2.09. The number of aryl methyl sites for hydroxylation is 1. The lowest BCUT2D eigenvalue weighted by molar-refractivity contribution is -0.116. The minimum Gasteiger partial charge on any atom is -0.497 e. The van der Waals surface area contributed by atoms with Crippen molar-refractivity contribution in [2.24, 2.45) is 0 Å². The van der Waals surface area contributed by atoms with Crippen LogP contribution in [0.4, 0.5) is 15.8 Å². The summed E-state index contributed by atoms with van der Waals surface area (Å²) in [4.78, 5) is 24.6. The Morgan fingerprint density at radius 3 is 2.10 bits per heavy atom. The molecule has 0 spiro atoms. The van der Waals surface area contributed by atoms with Crippen LogP contribution in [-0.2, 0) is 11.2 Å². The van der Waals surface area contributed by atoms with E-state index in [9.17, 15) is 14.0 Å². The molecule has 3 rings (SSSR count). The topological polar surface area (TPSA) is 76.7 Å². The average Bonchev–Trinajstić information content (AvgIpc) is 2.78. The zero-order chi connectivity index (χ0) is 22.2. The van der Waals surface area contributed by atoms with Gasteiger partial charge in [-0.3, -0.25) is 9.59 Å². The van der Waals surface area contributed by atoms with Crippen LogP contribution < -0.4 is 20.1 Å². The van der Waals surface area contributed by atoms with E-state index in [0.717, 1.165) is 0 Å². The number of halogens is 1. The summed E-state index contributed by atoms with van der Waals surface area (Å²) < 4.78 is 23.7. The Morgan fingerprint density at radius 2 is 1.48 bits per heavy atom. The molecule has 6 nitrogen and oxygen atoms in total. The van der Waals surface area contributed by atoms with Crippen LogP contribution in [0.5, 0.6) is 11.5 Å². The second kappa shape index (κ2) is 10.2. The Hall–Kier alpha value is -3.87. The van der Waals surface area contributed by atoms with Gasteiger partial charge < -0.3 is 20.1 Å². The Labute approximate surface area is 180 Å². The molecule has 0 saturated carbocycles.